The molecule has 4 heterocycles. The van der Waals surface area contributed by atoms with Crippen LogP contribution in [0.15, 0.2) is 49.1 Å². The molecule has 21 heavy (non-hydrogen) atoms. The number of hydrogen-bond acceptors (Lipinski definition) is 3. The van der Waals surface area contributed by atoms with Gasteiger partial charge in [0.25, 0.3) is 0 Å². The molecule has 0 saturated carbocycles. The van der Waals surface area contributed by atoms with E-state index in [9.17, 15) is 0 Å². The number of H-pyrrole nitrogens is 2. The van der Waals surface area contributed by atoms with Crippen molar-refractivity contribution in [2.75, 3.05) is 7.11 Å². The molecule has 0 spiro atoms. The fourth-order valence-electron chi connectivity index (χ4n) is 2.04. The Morgan fingerprint density at radius 2 is 1.52 bits per heavy atom. The Balaban J connectivity index is 0.000000126. The Kier molecular flexibility index (Phi) is 3.75. The number of aromatic nitrogens is 4. The minimum atomic E-state index is 0.742. The maximum absolute atomic E-state index is 5.84. The summed E-state index contributed by atoms with van der Waals surface area (Å²) >= 11 is 5.84. The standard InChI is InChI=1S/C8H8N2O.C7H5ClN2/c1-11-7-3-5-10-8-6(7)2-4-9-8;8-6-2-4-10-7-5(6)1-3-9-7/h2-5H,1H3,(H,9,10);1-4H,(H,9,10). The zero-order valence-electron chi connectivity index (χ0n) is 11.3. The van der Waals surface area contributed by atoms with Crippen molar-refractivity contribution in [3.63, 3.8) is 0 Å². The summed E-state index contributed by atoms with van der Waals surface area (Å²) in [5.41, 5.74) is 1.71. The number of aromatic amines is 2. The van der Waals surface area contributed by atoms with E-state index in [0.29, 0.717) is 0 Å². The first-order chi connectivity index (χ1) is 10.3. The summed E-state index contributed by atoms with van der Waals surface area (Å²) in [5.74, 6) is 0.858. The van der Waals surface area contributed by atoms with Gasteiger partial charge < -0.3 is 14.7 Å². The van der Waals surface area contributed by atoms with Crippen LogP contribution in [-0.2, 0) is 0 Å². The Bertz CT molecular complexity index is 868. The molecule has 0 fully saturated rings. The lowest BCUT2D eigenvalue weighted by molar-refractivity contribution is 0.419. The zero-order chi connectivity index (χ0) is 14.7. The summed E-state index contributed by atoms with van der Waals surface area (Å²) in [6.45, 7) is 0. The summed E-state index contributed by atoms with van der Waals surface area (Å²) in [4.78, 5) is 14.1. The van der Waals surface area contributed by atoms with E-state index >= 15 is 0 Å². The van der Waals surface area contributed by atoms with Crippen molar-refractivity contribution in [3.8, 4) is 5.75 Å². The van der Waals surface area contributed by atoms with Crippen LogP contribution in [-0.4, -0.2) is 27.0 Å². The first-order valence-corrected chi connectivity index (χ1v) is 6.71. The van der Waals surface area contributed by atoms with E-state index < -0.39 is 0 Å². The van der Waals surface area contributed by atoms with Crippen LogP contribution >= 0.6 is 11.6 Å². The topological polar surface area (TPSA) is 66.6 Å². The average molecular weight is 301 g/mol. The van der Waals surface area contributed by atoms with Crippen molar-refractivity contribution in [2.24, 2.45) is 0 Å². The first-order valence-electron chi connectivity index (χ1n) is 6.33. The highest BCUT2D eigenvalue weighted by Gasteiger charge is 2.00. The van der Waals surface area contributed by atoms with Gasteiger partial charge in [-0.15, -0.1) is 0 Å². The number of rotatable bonds is 1. The SMILES string of the molecule is COc1ccnc2[nH]ccc12.Clc1ccnc2[nH]ccc12. The normalized spacial score (nSPS) is 10.4. The molecule has 6 heteroatoms. The van der Waals surface area contributed by atoms with Gasteiger partial charge in [0, 0.05) is 30.2 Å². The highest BCUT2D eigenvalue weighted by molar-refractivity contribution is 6.35. The van der Waals surface area contributed by atoms with E-state index in [1.54, 1.807) is 25.6 Å². The number of pyridine rings is 2. The molecule has 0 aliphatic carbocycles. The molecular weight excluding hydrogens is 288 g/mol. The first kappa shape index (κ1) is 13.5. The van der Waals surface area contributed by atoms with E-state index in [4.69, 9.17) is 16.3 Å². The van der Waals surface area contributed by atoms with Crippen molar-refractivity contribution >= 4 is 33.7 Å². The predicted octanol–water partition coefficient (Wildman–Crippen LogP) is 3.79. The van der Waals surface area contributed by atoms with Gasteiger partial charge in [-0.05, 0) is 24.3 Å². The Morgan fingerprint density at radius 3 is 2.19 bits per heavy atom. The molecule has 4 rings (SSSR count). The lowest BCUT2D eigenvalue weighted by Gasteiger charge is -1.98. The number of ether oxygens (including phenoxy) is 1. The summed E-state index contributed by atoms with van der Waals surface area (Å²) in [5, 5.41) is 2.74. The van der Waals surface area contributed by atoms with Crippen molar-refractivity contribution in [2.45, 2.75) is 0 Å². The van der Waals surface area contributed by atoms with Crippen LogP contribution in [0, 0.1) is 0 Å². The number of methoxy groups -OCH3 is 1. The van der Waals surface area contributed by atoms with E-state index in [0.717, 1.165) is 32.8 Å². The number of halogens is 1. The van der Waals surface area contributed by atoms with E-state index in [1.165, 1.54) is 0 Å². The van der Waals surface area contributed by atoms with Crippen LogP contribution in [0.3, 0.4) is 0 Å². The Labute approximate surface area is 125 Å². The third kappa shape index (κ3) is 2.68. The van der Waals surface area contributed by atoms with Crippen LogP contribution in [0.2, 0.25) is 5.02 Å². The second-order valence-corrected chi connectivity index (χ2v) is 4.69. The average Bonchev–Trinajstić information content (AvgIpc) is 3.16. The van der Waals surface area contributed by atoms with Crippen LogP contribution in [0.4, 0.5) is 0 Å². The van der Waals surface area contributed by atoms with Gasteiger partial charge >= 0.3 is 0 Å². The van der Waals surface area contributed by atoms with Gasteiger partial charge in [0.2, 0.25) is 0 Å². The second-order valence-electron chi connectivity index (χ2n) is 4.29. The van der Waals surface area contributed by atoms with Gasteiger partial charge in [-0.1, -0.05) is 11.6 Å². The van der Waals surface area contributed by atoms with Crippen molar-refractivity contribution < 1.29 is 4.74 Å². The van der Waals surface area contributed by atoms with Gasteiger partial charge in [0.15, 0.2) is 0 Å². The molecule has 106 valence electrons. The number of hydrogen-bond donors (Lipinski definition) is 2. The van der Waals surface area contributed by atoms with Gasteiger partial charge in [-0.2, -0.15) is 0 Å². The van der Waals surface area contributed by atoms with Crippen LogP contribution in [0.25, 0.3) is 22.1 Å². The number of nitrogens with zero attached hydrogens (tertiary/aromatic N) is 2. The van der Waals surface area contributed by atoms with Gasteiger partial charge in [-0.25, -0.2) is 9.97 Å². The van der Waals surface area contributed by atoms with E-state index in [-0.39, 0.29) is 0 Å². The Morgan fingerprint density at radius 1 is 0.905 bits per heavy atom. The van der Waals surface area contributed by atoms with Crippen molar-refractivity contribution in [3.05, 3.63) is 54.1 Å². The van der Waals surface area contributed by atoms with Crippen molar-refractivity contribution in [1.29, 1.82) is 0 Å². The molecule has 4 aromatic rings. The van der Waals surface area contributed by atoms with Crippen LogP contribution < -0.4 is 4.74 Å². The molecule has 0 saturated heterocycles. The van der Waals surface area contributed by atoms with E-state index in [1.807, 2.05) is 30.6 Å². The highest BCUT2D eigenvalue weighted by atomic mass is 35.5. The minimum absolute atomic E-state index is 0.742. The largest absolute Gasteiger partial charge is 0.496 e. The maximum atomic E-state index is 5.84. The monoisotopic (exact) mass is 300 g/mol. The molecule has 0 amide bonds. The zero-order valence-corrected chi connectivity index (χ0v) is 12.1. The lowest BCUT2D eigenvalue weighted by Crippen LogP contribution is -1.83. The third-order valence-corrected chi connectivity index (χ3v) is 3.38. The predicted molar refractivity (Wildman–Crippen MR) is 83.7 cm³/mol. The summed E-state index contributed by atoms with van der Waals surface area (Å²) in [6.07, 6.45) is 7.07. The molecule has 2 N–H and O–H groups in total. The third-order valence-electron chi connectivity index (χ3n) is 3.05. The van der Waals surface area contributed by atoms with E-state index in [2.05, 4.69) is 19.9 Å². The van der Waals surface area contributed by atoms with Gasteiger partial charge in [0.05, 0.1) is 17.5 Å². The molecule has 0 aliphatic heterocycles. The number of nitrogens with one attached hydrogen (secondary N) is 2. The summed E-state index contributed by atoms with van der Waals surface area (Å²) < 4.78 is 5.13. The van der Waals surface area contributed by atoms with Crippen LogP contribution in [0.1, 0.15) is 0 Å². The quantitative estimate of drug-likeness (QED) is 0.562. The number of fused-ring (bicyclic) bond motifs is 2. The summed E-state index contributed by atoms with van der Waals surface area (Å²) in [7, 11) is 1.65. The molecule has 5 nitrogen and oxygen atoms in total. The molecule has 0 bridgehead atoms. The molecule has 0 unspecified atom stereocenters. The molecule has 0 atom stereocenters. The molecule has 0 aliphatic rings. The van der Waals surface area contributed by atoms with Crippen LogP contribution in [0.5, 0.6) is 5.75 Å². The minimum Gasteiger partial charge on any atom is -0.496 e. The van der Waals surface area contributed by atoms with Gasteiger partial charge in [0.1, 0.15) is 17.0 Å². The fraction of sp³-hybridized carbons (Fsp3) is 0.0667. The van der Waals surface area contributed by atoms with Crippen molar-refractivity contribution in [1.82, 2.24) is 19.9 Å². The molecule has 0 radical (unpaired) electrons. The van der Waals surface area contributed by atoms with Gasteiger partial charge in [-0.3, -0.25) is 0 Å². The molecule has 0 aromatic carbocycles. The molecule has 4 aromatic heterocycles. The lowest BCUT2D eigenvalue weighted by atomic mass is 10.3. The fourth-order valence-corrected chi connectivity index (χ4v) is 2.25. The smallest absolute Gasteiger partial charge is 0.140 e. The highest BCUT2D eigenvalue weighted by Crippen LogP contribution is 2.21. The summed E-state index contributed by atoms with van der Waals surface area (Å²) in [6, 6.07) is 7.47. The second kappa shape index (κ2) is 5.85. The molecular formula is C15H13ClN4O. The Hall–Kier alpha value is -2.53. The maximum Gasteiger partial charge on any atom is 0.140 e.